The van der Waals surface area contributed by atoms with Crippen LogP contribution in [-0.4, -0.2) is 23.2 Å². The van der Waals surface area contributed by atoms with E-state index in [1.165, 1.54) is 38.5 Å². The Labute approximate surface area is 116 Å². The Morgan fingerprint density at radius 2 is 1.58 bits per heavy atom. The summed E-state index contributed by atoms with van der Waals surface area (Å²) in [7, 11) is 0. The quantitative estimate of drug-likeness (QED) is 0.820. The molecule has 0 aromatic heterocycles. The molecular weight excluding hydrogens is 238 g/mol. The summed E-state index contributed by atoms with van der Waals surface area (Å²) in [6, 6.07) is 1.30. The molecule has 108 valence electrons. The number of carbonyl (C=O) groups is 1. The SMILES string of the molecule is O=C(O)C1CCC(NC2CCCC(C3CC3)C2)CC1. The molecule has 0 spiro atoms. The van der Waals surface area contributed by atoms with Crippen LogP contribution in [0.25, 0.3) is 0 Å². The zero-order valence-electron chi connectivity index (χ0n) is 11.8. The van der Waals surface area contributed by atoms with Crippen molar-refractivity contribution >= 4 is 5.97 Å². The number of nitrogens with one attached hydrogen (secondary N) is 1. The van der Waals surface area contributed by atoms with Gasteiger partial charge in [0.15, 0.2) is 0 Å². The van der Waals surface area contributed by atoms with E-state index in [0.29, 0.717) is 12.1 Å². The van der Waals surface area contributed by atoms with Gasteiger partial charge < -0.3 is 10.4 Å². The fourth-order valence-corrected chi connectivity index (χ4v) is 4.22. The highest BCUT2D eigenvalue weighted by atomic mass is 16.4. The van der Waals surface area contributed by atoms with E-state index in [9.17, 15) is 4.79 Å². The predicted molar refractivity (Wildman–Crippen MR) is 75.0 cm³/mol. The van der Waals surface area contributed by atoms with Gasteiger partial charge in [-0.1, -0.05) is 12.8 Å². The predicted octanol–water partition coefficient (Wildman–Crippen LogP) is 3.19. The summed E-state index contributed by atoms with van der Waals surface area (Å²) in [4.78, 5) is 11.0. The summed E-state index contributed by atoms with van der Waals surface area (Å²) in [6.45, 7) is 0. The van der Waals surface area contributed by atoms with Crippen LogP contribution < -0.4 is 5.32 Å². The smallest absolute Gasteiger partial charge is 0.306 e. The molecule has 0 radical (unpaired) electrons. The summed E-state index contributed by atoms with van der Waals surface area (Å²) < 4.78 is 0. The Bertz CT molecular complexity index is 319. The molecule has 0 heterocycles. The lowest BCUT2D eigenvalue weighted by atomic mass is 9.81. The third kappa shape index (κ3) is 3.50. The van der Waals surface area contributed by atoms with Gasteiger partial charge in [0, 0.05) is 12.1 Å². The molecule has 3 nitrogen and oxygen atoms in total. The Morgan fingerprint density at radius 3 is 2.21 bits per heavy atom. The lowest BCUT2D eigenvalue weighted by Gasteiger charge is -2.35. The third-order valence-electron chi connectivity index (χ3n) is 5.55. The zero-order valence-corrected chi connectivity index (χ0v) is 11.8. The first-order valence-corrected chi connectivity index (χ1v) is 8.21. The van der Waals surface area contributed by atoms with E-state index in [4.69, 9.17) is 5.11 Å². The minimum absolute atomic E-state index is 0.0800. The fourth-order valence-electron chi connectivity index (χ4n) is 4.22. The maximum absolute atomic E-state index is 11.0. The summed E-state index contributed by atoms with van der Waals surface area (Å²) >= 11 is 0. The van der Waals surface area contributed by atoms with E-state index < -0.39 is 5.97 Å². The Balaban J connectivity index is 1.42. The van der Waals surface area contributed by atoms with Gasteiger partial charge in [-0.3, -0.25) is 4.79 Å². The summed E-state index contributed by atoms with van der Waals surface area (Å²) in [5.41, 5.74) is 0. The molecule has 3 fully saturated rings. The van der Waals surface area contributed by atoms with E-state index >= 15 is 0 Å². The van der Waals surface area contributed by atoms with Crippen molar-refractivity contribution in [2.45, 2.75) is 76.3 Å². The second-order valence-corrected chi connectivity index (χ2v) is 7.01. The minimum atomic E-state index is -0.593. The van der Waals surface area contributed by atoms with E-state index in [-0.39, 0.29) is 5.92 Å². The van der Waals surface area contributed by atoms with E-state index in [0.717, 1.165) is 37.5 Å². The van der Waals surface area contributed by atoms with Crippen LogP contribution >= 0.6 is 0 Å². The second-order valence-electron chi connectivity index (χ2n) is 7.01. The zero-order chi connectivity index (χ0) is 13.2. The van der Waals surface area contributed by atoms with Crippen LogP contribution in [0.15, 0.2) is 0 Å². The summed E-state index contributed by atoms with van der Waals surface area (Å²) in [6.07, 6.45) is 12.4. The number of rotatable bonds is 4. The molecular formula is C16H27NO2. The first kappa shape index (κ1) is 13.4. The van der Waals surface area contributed by atoms with Crippen molar-refractivity contribution in [2.75, 3.05) is 0 Å². The molecule has 19 heavy (non-hydrogen) atoms. The number of hydrogen-bond acceptors (Lipinski definition) is 2. The number of carboxylic acids is 1. The number of carboxylic acid groups (broad SMARTS) is 1. The molecule has 0 amide bonds. The van der Waals surface area contributed by atoms with Crippen molar-refractivity contribution in [2.24, 2.45) is 17.8 Å². The first-order valence-electron chi connectivity index (χ1n) is 8.21. The van der Waals surface area contributed by atoms with Crippen LogP contribution in [0.3, 0.4) is 0 Å². The maximum atomic E-state index is 11.0. The topological polar surface area (TPSA) is 49.3 Å². The molecule has 3 rings (SSSR count). The fraction of sp³-hybridized carbons (Fsp3) is 0.938. The van der Waals surface area contributed by atoms with Gasteiger partial charge in [0.05, 0.1) is 5.92 Å². The monoisotopic (exact) mass is 265 g/mol. The average Bonchev–Trinajstić information content (AvgIpc) is 3.24. The number of hydrogen-bond donors (Lipinski definition) is 2. The van der Waals surface area contributed by atoms with Gasteiger partial charge in [-0.05, 0) is 63.2 Å². The Morgan fingerprint density at radius 1 is 0.842 bits per heavy atom. The molecule has 0 aromatic rings. The van der Waals surface area contributed by atoms with Gasteiger partial charge in [0.25, 0.3) is 0 Å². The van der Waals surface area contributed by atoms with Gasteiger partial charge in [0.2, 0.25) is 0 Å². The van der Waals surface area contributed by atoms with Crippen molar-refractivity contribution in [3.05, 3.63) is 0 Å². The first-order chi connectivity index (χ1) is 9.22. The van der Waals surface area contributed by atoms with Crippen LogP contribution in [0.2, 0.25) is 0 Å². The molecule has 2 atom stereocenters. The molecule has 0 aliphatic heterocycles. The van der Waals surface area contributed by atoms with Crippen molar-refractivity contribution in [1.82, 2.24) is 5.32 Å². The van der Waals surface area contributed by atoms with Crippen LogP contribution in [0.5, 0.6) is 0 Å². The maximum Gasteiger partial charge on any atom is 0.306 e. The summed E-state index contributed by atoms with van der Waals surface area (Å²) in [5.74, 6) is 1.36. The molecule has 3 aliphatic rings. The molecule has 2 unspecified atom stereocenters. The largest absolute Gasteiger partial charge is 0.481 e. The molecule has 0 saturated heterocycles. The highest BCUT2D eigenvalue weighted by Gasteiger charge is 2.35. The van der Waals surface area contributed by atoms with Gasteiger partial charge in [0.1, 0.15) is 0 Å². The highest BCUT2D eigenvalue weighted by molar-refractivity contribution is 5.70. The van der Waals surface area contributed by atoms with Gasteiger partial charge in [-0.15, -0.1) is 0 Å². The Kier molecular flexibility index (Phi) is 4.11. The number of aliphatic carboxylic acids is 1. The Hall–Kier alpha value is -0.570. The van der Waals surface area contributed by atoms with Crippen LogP contribution in [0.1, 0.15) is 64.2 Å². The van der Waals surface area contributed by atoms with Gasteiger partial charge in [-0.2, -0.15) is 0 Å². The van der Waals surface area contributed by atoms with Crippen molar-refractivity contribution in [3.63, 3.8) is 0 Å². The average molecular weight is 265 g/mol. The van der Waals surface area contributed by atoms with Crippen molar-refractivity contribution < 1.29 is 9.90 Å². The van der Waals surface area contributed by atoms with Gasteiger partial charge in [-0.25, -0.2) is 0 Å². The molecule has 3 saturated carbocycles. The minimum Gasteiger partial charge on any atom is -0.481 e. The summed E-state index contributed by atoms with van der Waals surface area (Å²) in [5, 5.41) is 12.9. The lowest BCUT2D eigenvalue weighted by Crippen LogP contribution is -2.43. The molecule has 3 heteroatoms. The molecule has 0 aromatic carbocycles. The van der Waals surface area contributed by atoms with Crippen molar-refractivity contribution in [3.8, 4) is 0 Å². The van der Waals surface area contributed by atoms with E-state index in [2.05, 4.69) is 5.32 Å². The van der Waals surface area contributed by atoms with E-state index in [1.807, 2.05) is 0 Å². The normalized spacial score (nSPS) is 40.0. The molecule has 3 aliphatic carbocycles. The van der Waals surface area contributed by atoms with Crippen LogP contribution in [0, 0.1) is 17.8 Å². The van der Waals surface area contributed by atoms with Crippen molar-refractivity contribution in [1.29, 1.82) is 0 Å². The molecule has 0 bridgehead atoms. The van der Waals surface area contributed by atoms with Gasteiger partial charge >= 0.3 is 5.97 Å². The standard InChI is InChI=1S/C16H27NO2/c18-16(19)12-6-8-14(9-7-12)17-15-3-1-2-13(10-15)11-4-5-11/h11-15,17H,1-10H2,(H,18,19). The third-order valence-corrected chi connectivity index (χ3v) is 5.55. The molecule has 2 N–H and O–H groups in total. The van der Waals surface area contributed by atoms with E-state index in [1.54, 1.807) is 0 Å². The van der Waals surface area contributed by atoms with Crippen LogP contribution in [-0.2, 0) is 4.79 Å². The second kappa shape index (κ2) is 5.82. The highest BCUT2D eigenvalue weighted by Crippen LogP contribution is 2.44. The van der Waals surface area contributed by atoms with Crippen LogP contribution in [0.4, 0.5) is 0 Å². The lowest BCUT2D eigenvalue weighted by molar-refractivity contribution is -0.142.